The Hall–Kier alpha value is -2.21. The second-order valence-corrected chi connectivity index (χ2v) is 8.18. The van der Waals surface area contributed by atoms with Gasteiger partial charge in [0.2, 0.25) is 11.8 Å². The molecule has 144 valence electrons. The predicted molar refractivity (Wildman–Crippen MR) is 107 cm³/mol. The van der Waals surface area contributed by atoms with Crippen LogP contribution in [0.15, 0.2) is 35.7 Å². The van der Waals surface area contributed by atoms with Crippen molar-refractivity contribution in [3.63, 3.8) is 0 Å². The molecule has 0 bridgehead atoms. The fraction of sp³-hybridized carbons (Fsp3) is 0.476. The van der Waals surface area contributed by atoms with Crippen molar-refractivity contribution in [1.82, 2.24) is 14.8 Å². The van der Waals surface area contributed by atoms with Crippen LogP contribution in [0.25, 0.3) is 0 Å². The van der Waals surface area contributed by atoms with E-state index < -0.39 is 0 Å². The minimum atomic E-state index is -0.106. The van der Waals surface area contributed by atoms with Crippen molar-refractivity contribution in [1.29, 1.82) is 0 Å². The third-order valence-electron chi connectivity index (χ3n) is 5.00. The number of thiazole rings is 1. The molecule has 1 aromatic heterocycles. The van der Waals surface area contributed by atoms with Crippen molar-refractivity contribution in [2.75, 3.05) is 20.1 Å². The molecule has 27 heavy (non-hydrogen) atoms. The summed E-state index contributed by atoms with van der Waals surface area (Å²) in [7, 11) is 1.83. The number of benzene rings is 1. The smallest absolute Gasteiger partial charge is 0.227 e. The third-order valence-corrected chi connectivity index (χ3v) is 5.95. The molecule has 1 aromatic carbocycles. The van der Waals surface area contributed by atoms with Gasteiger partial charge in [-0.1, -0.05) is 30.3 Å². The number of carbonyl (C=O) groups is 2. The van der Waals surface area contributed by atoms with E-state index in [0.717, 1.165) is 23.5 Å². The van der Waals surface area contributed by atoms with Gasteiger partial charge in [-0.3, -0.25) is 9.59 Å². The fourth-order valence-corrected chi connectivity index (χ4v) is 4.34. The lowest BCUT2D eigenvalue weighted by atomic mass is 9.95. The van der Waals surface area contributed by atoms with Crippen molar-refractivity contribution >= 4 is 23.2 Å². The minimum Gasteiger partial charge on any atom is -0.342 e. The van der Waals surface area contributed by atoms with Crippen LogP contribution < -0.4 is 0 Å². The average Bonchev–Trinajstić information content (AvgIpc) is 3.08. The molecule has 1 fully saturated rings. The van der Waals surface area contributed by atoms with Crippen LogP contribution in [0, 0.1) is 12.8 Å². The Labute approximate surface area is 165 Å². The summed E-state index contributed by atoms with van der Waals surface area (Å²) in [5.74, 6) is 0.180. The third kappa shape index (κ3) is 5.39. The number of amides is 2. The molecule has 3 rings (SSSR count). The van der Waals surface area contributed by atoms with Gasteiger partial charge in [0.25, 0.3) is 0 Å². The van der Waals surface area contributed by atoms with Crippen molar-refractivity contribution in [2.24, 2.45) is 5.92 Å². The molecular weight excluding hydrogens is 358 g/mol. The van der Waals surface area contributed by atoms with Gasteiger partial charge >= 0.3 is 0 Å². The highest BCUT2D eigenvalue weighted by molar-refractivity contribution is 7.09. The van der Waals surface area contributed by atoms with E-state index in [2.05, 4.69) is 17.1 Å². The van der Waals surface area contributed by atoms with E-state index >= 15 is 0 Å². The van der Waals surface area contributed by atoms with Crippen LogP contribution in [-0.4, -0.2) is 46.7 Å². The molecule has 2 amide bonds. The zero-order chi connectivity index (χ0) is 19.2. The van der Waals surface area contributed by atoms with Crippen LogP contribution in [0.1, 0.15) is 35.5 Å². The van der Waals surface area contributed by atoms with Crippen LogP contribution in [0.5, 0.6) is 0 Å². The maximum absolute atomic E-state index is 12.8. The highest BCUT2D eigenvalue weighted by atomic mass is 32.1. The van der Waals surface area contributed by atoms with Crippen molar-refractivity contribution in [2.45, 2.75) is 39.2 Å². The van der Waals surface area contributed by atoms with Crippen LogP contribution in [-0.2, 0) is 22.6 Å². The summed E-state index contributed by atoms with van der Waals surface area (Å²) in [6.07, 6.45) is 2.98. The number of aryl methyl sites for hydroxylation is 2. The van der Waals surface area contributed by atoms with E-state index in [-0.39, 0.29) is 17.7 Å². The molecule has 1 aliphatic rings. The first-order valence-electron chi connectivity index (χ1n) is 9.50. The molecule has 0 saturated carbocycles. The van der Waals surface area contributed by atoms with Crippen LogP contribution in [0.3, 0.4) is 0 Å². The summed E-state index contributed by atoms with van der Waals surface area (Å²) in [6, 6.07) is 10.3. The lowest BCUT2D eigenvalue weighted by molar-refractivity contribution is -0.142. The molecule has 0 N–H and O–H groups in total. The van der Waals surface area contributed by atoms with Crippen molar-refractivity contribution < 1.29 is 9.59 Å². The van der Waals surface area contributed by atoms with Gasteiger partial charge in [0.1, 0.15) is 5.01 Å². The van der Waals surface area contributed by atoms with Gasteiger partial charge in [-0.15, -0.1) is 11.3 Å². The topological polar surface area (TPSA) is 53.5 Å². The molecule has 0 radical (unpaired) electrons. The zero-order valence-corrected chi connectivity index (χ0v) is 16.9. The number of piperidine rings is 1. The molecule has 2 heterocycles. The average molecular weight is 386 g/mol. The second-order valence-electron chi connectivity index (χ2n) is 7.24. The monoisotopic (exact) mass is 385 g/mol. The summed E-state index contributed by atoms with van der Waals surface area (Å²) in [5.41, 5.74) is 2.27. The molecule has 2 aromatic rings. The first kappa shape index (κ1) is 19.5. The van der Waals surface area contributed by atoms with Gasteiger partial charge in [-0.25, -0.2) is 4.98 Å². The summed E-state index contributed by atoms with van der Waals surface area (Å²) in [4.78, 5) is 33.1. The number of hydrogen-bond donors (Lipinski definition) is 0. The maximum Gasteiger partial charge on any atom is 0.227 e. The molecule has 6 heteroatoms. The van der Waals surface area contributed by atoms with E-state index in [9.17, 15) is 9.59 Å². The summed E-state index contributed by atoms with van der Waals surface area (Å²) < 4.78 is 0. The van der Waals surface area contributed by atoms with Crippen molar-refractivity contribution in [3.05, 3.63) is 52.0 Å². The van der Waals surface area contributed by atoms with E-state index in [4.69, 9.17) is 0 Å². The molecule has 1 aliphatic heterocycles. The highest BCUT2D eigenvalue weighted by Gasteiger charge is 2.31. The Balaban J connectivity index is 1.50. The van der Waals surface area contributed by atoms with Crippen molar-refractivity contribution in [3.8, 4) is 0 Å². The summed E-state index contributed by atoms with van der Waals surface area (Å²) >= 11 is 1.58. The first-order valence-corrected chi connectivity index (χ1v) is 10.4. The summed E-state index contributed by atoms with van der Waals surface area (Å²) in [5, 5.41) is 2.96. The van der Waals surface area contributed by atoms with Crippen LogP contribution in [0.4, 0.5) is 0 Å². The number of aromatic nitrogens is 1. The van der Waals surface area contributed by atoms with Crippen LogP contribution >= 0.6 is 11.3 Å². The minimum absolute atomic E-state index is 0.106. The molecule has 0 spiro atoms. The quantitative estimate of drug-likeness (QED) is 0.735. The Morgan fingerprint density at radius 3 is 2.81 bits per heavy atom. The SMILES string of the molecule is Cc1csc(CN(C)C(=O)[C@H]2CCC(=O)N(CCCc3ccccc3)C2)n1. The standard InChI is InChI=1S/C21H27N3O2S/c1-16-15-27-19(22-16)14-23(2)21(26)18-10-11-20(25)24(13-18)12-6-9-17-7-4-3-5-8-17/h3-5,7-8,15,18H,6,9-14H2,1-2H3/t18-/m0/s1. The zero-order valence-electron chi connectivity index (χ0n) is 16.1. The molecular formula is C21H27N3O2S. The fourth-order valence-electron chi connectivity index (χ4n) is 3.52. The number of rotatable bonds is 7. The Bertz CT molecular complexity index is 775. The van der Waals surface area contributed by atoms with E-state index in [0.29, 0.717) is 32.5 Å². The van der Waals surface area contributed by atoms with E-state index in [1.165, 1.54) is 5.56 Å². The molecule has 5 nitrogen and oxygen atoms in total. The van der Waals surface area contributed by atoms with E-state index in [1.807, 2.05) is 42.5 Å². The maximum atomic E-state index is 12.8. The predicted octanol–water partition coefficient (Wildman–Crippen LogP) is 3.28. The van der Waals surface area contributed by atoms with Gasteiger partial charge in [-0.2, -0.15) is 0 Å². The first-order chi connectivity index (χ1) is 13.0. The molecule has 1 saturated heterocycles. The van der Waals surface area contributed by atoms with E-state index in [1.54, 1.807) is 16.2 Å². The largest absolute Gasteiger partial charge is 0.342 e. The molecule has 0 aliphatic carbocycles. The Kier molecular flexibility index (Phi) is 6.61. The molecule has 1 atom stereocenters. The number of carbonyl (C=O) groups excluding carboxylic acids is 2. The summed E-state index contributed by atoms with van der Waals surface area (Å²) in [6.45, 7) is 3.75. The number of hydrogen-bond acceptors (Lipinski definition) is 4. The lowest BCUT2D eigenvalue weighted by Gasteiger charge is -2.33. The normalized spacial score (nSPS) is 17.2. The Morgan fingerprint density at radius 2 is 2.11 bits per heavy atom. The number of nitrogens with zero attached hydrogens (tertiary/aromatic N) is 3. The van der Waals surface area contributed by atoms with Gasteiger partial charge in [0.15, 0.2) is 0 Å². The lowest BCUT2D eigenvalue weighted by Crippen LogP contribution is -2.46. The van der Waals surface area contributed by atoms with Gasteiger partial charge < -0.3 is 9.80 Å². The van der Waals surface area contributed by atoms with Gasteiger partial charge in [0, 0.05) is 37.6 Å². The van der Waals surface area contributed by atoms with Gasteiger partial charge in [0.05, 0.1) is 12.5 Å². The highest BCUT2D eigenvalue weighted by Crippen LogP contribution is 2.21. The molecule has 0 unspecified atom stereocenters. The van der Waals surface area contributed by atoms with Gasteiger partial charge in [-0.05, 0) is 31.7 Å². The Morgan fingerprint density at radius 1 is 1.33 bits per heavy atom. The number of likely N-dealkylation sites (tertiary alicyclic amines) is 1. The van der Waals surface area contributed by atoms with Crippen LogP contribution in [0.2, 0.25) is 0 Å². The second kappa shape index (κ2) is 9.13.